The zero-order chi connectivity index (χ0) is 16.9. The molecule has 0 spiro atoms. The van der Waals surface area contributed by atoms with Crippen LogP contribution in [0.3, 0.4) is 0 Å². The largest absolute Gasteiger partial charge is 0.388 e. The van der Waals surface area contributed by atoms with E-state index in [0.717, 1.165) is 11.9 Å². The number of aromatic amines is 1. The molecule has 4 N–H and O–H groups in total. The Bertz CT molecular complexity index is 659. The summed E-state index contributed by atoms with van der Waals surface area (Å²) in [5.41, 5.74) is 2.76. The minimum absolute atomic E-state index is 0.235. The Labute approximate surface area is 137 Å². The van der Waals surface area contributed by atoms with E-state index in [2.05, 4.69) is 34.7 Å². The monoisotopic (exact) mass is 317 g/mol. The summed E-state index contributed by atoms with van der Waals surface area (Å²) in [6.07, 6.45) is 4.02. The molecule has 0 radical (unpaired) electrons. The number of hydrogen-bond acceptors (Lipinski definition) is 2. The van der Waals surface area contributed by atoms with Gasteiger partial charge >= 0.3 is 6.03 Å². The third-order valence-electron chi connectivity index (χ3n) is 4.58. The van der Waals surface area contributed by atoms with E-state index in [9.17, 15) is 9.90 Å². The van der Waals surface area contributed by atoms with E-state index in [1.54, 1.807) is 0 Å². The van der Waals surface area contributed by atoms with Gasteiger partial charge in [0.2, 0.25) is 0 Å². The zero-order valence-electron chi connectivity index (χ0n) is 14.2. The molecule has 0 aliphatic heterocycles. The lowest BCUT2D eigenvalue weighted by Crippen LogP contribution is -2.46. The second kappa shape index (κ2) is 7.51. The first kappa shape index (κ1) is 17.3. The SMILES string of the molecule is CCC(O)(CC)CNC(=O)NCCc1c[nH]c2c(C)cccc12. The number of aliphatic hydroxyl groups is 1. The summed E-state index contributed by atoms with van der Waals surface area (Å²) >= 11 is 0. The van der Waals surface area contributed by atoms with Gasteiger partial charge in [-0.3, -0.25) is 0 Å². The van der Waals surface area contributed by atoms with E-state index in [1.807, 2.05) is 26.1 Å². The van der Waals surface area contributed by atoms with Crippen LogP contribution >= 0.6 is 0 Å². The van der Waals surface area contributed by atoms with Gasteiger partial charge in [0.15, 0.2) is 0 Å². The number of para-hydroxylation sites is 1. The van der Waals surface area contributed by atoms with Gasteiger partial charge in [0, 0.05) is 30.2 Å². The Hall–Kier alpha value is -2.01. The summed E-state index contributed by atoms with van der Waals surface area (Å²) in [7, 11) is 0. The molecule has 23 heavy (non-hydrogen) atoms. The molecule has 126 valence electrons. The van der Waals surface area contributed by atoms with Crippen LogP contribution in [0.25, 0.3) is 10.9 Å². The Morgan fingerprint density at radius 2 is 2.00 bits per heavy atom. The number of amides is 2. The predicted octanol–water partition coefficient (Wildman–Crippen LogP) is 2.87. The van der Waals surface area contributed by atoms with Crippen LogP contribution in [-0.2, 0) is 6.42 Å². The molecular weight excluding hydrogens is 290 g/mol. The summed E-state index contributed by atoms with van der Waals surface area (Å²) in [4.78, 5) is 15.1. The predicted molar refractivity (Wildman–Crippen MR) is 93.7 cm³/mol. The second-order valence-corrected chi connectivity index (χ2v) is 6.10. The number of hydrogen-bond donors (Lipinski definition) is 4. The fraction of sp³-hybridized carbons (Fsp3) is 0.500. The van der Waals surface area contributed by atoms with Crippen molar-refractivity contribution in [2.75, 3.05) is 13.1 Å². The number of H-pyrrole nitrogens is 1. The molecule has 0 atom stereocenters. The van der Waals surface area contributed by atoms with Gasteiger partial charge in [0.25, 0.3) is 0 Å². The molecule has 0 aliphatic carbocycles. The van der Waals surface area contributed by atoms with Crippen LogP contribution in [0.1, 0.15) is 37.8 Å². The fourth-order valence-electron chi connectivity index (χ4n) is 2.69. The molecule has 0 fully saturated rings. The minimum atomic E-state index is -0.814. The normalized spacial score (nSPS) is 11.7. The molecule has 5 heteroatoms. The first-order chi connectivity index (χ1) is 11.0. The van der Waals surface area contributed by atoms with E-state index in [1.165, 1.54) is 16.5 Å². The molecule has 1 aromatic heterocycles. The summed E-state index contributed by atoms with van der Waals surface area (Å²) in [6.45, 7) is 6.75. The highest BCUT2D eigenvalue weighted by Gasteiger charge is 2.22. The molecule has 0 saturated heterocycles. The van der Waals surface area contributed by atoms with Gasteiger partial charge in [-0.15, -0.1) is 0 Å². The van der Waals surface area contributed by atoms with Crippen LogP contribution < -0.4 is 10.6 Å². The Balaban J connectivity index is 1.82. The van der Waals surface area contributed by atoms with Crippen molar-refractivity contribution in [1.29, 1.82) is 0 Å². The Morgan fingerprint density at radius 1 is 1.26 bits per heavy atom. The molecule has 0 unspecified atom stereocenters. The van der Waals surface area contributed by atoms with E-state index >= 15 is 0 Å². The standard InChI is InChI=1S/C18H27N3O2/c1-4-18(23,5-2)12-21-17(22)19-10-9-14-11-20-16-13(3)7-6-8-15(14)16/h6-8,11,20,23H,4-5,9-10,12H2,1-3H3,(H2,19,21,22). The lowest BCUT2D eigenvalue weighted by molar-refractivity contribution is 0.0349. The highest BCUT2D eigenvalue weighted by Crippen LogP contribution is 2.21. The molecule has 0 bridgehead atoms. The van der Waals surface area contributed by atoms with Gasteiger partial charge in [-0.1, -0.05) is 32.0 Å². The lowest BCUT2D eigenvalue weighted by Gasteiger charge is -2.25. The molecular formula is C18H27N3O2. The fourth-order valence-corrected chi connectivity index (χ4v) is 2.69. The lowest BCUT2D eigenvalue weighted by atomic mass is 9.98. The first-order valence-electron chi connectivity index (χ1n) is 8.28. The molecule has 1 aromatic carbocycles. The maximum atomic E-state index is 11.8. The highest BCUT2D eigenvalue weighted by atomic mass is 16.3. The van der Waals surface area contributed by atoms with Gasteiger partial charge in [-0.25, -0.2) is 4.79 Å². The van der Waals surface area contributed by atoms with Crippen molar-refractivity contribution in [2.24, 2.45) is 0 Å². The van der Waals surface area contributed by atoms with Gasteiger partial charge in [-0.2, -0.15) is 0 Å². The van der Waals surface area contributed by atoms with E-state index in [4.69, 9.17) is 0 Å². The summed E-state index contributed by atoms with van der Waals surface area (Å²) < 4.78 is 0. The van der Waals surface area contributed by atoms with Crippen LogP contribution in [0, 0.1) is 6.92 Å². The van der Waals surface area contributed by atoms with Crippen LogP contribution in [0.4, 0.5) is 4.79 Å². The Kier molecular flexibility index (Phi) is 5.66. The van der Waals surface area contributed by atoms with Crippen molar-refractivity contribution in [3.8, 4) is 0 Å². The van der Waals surface area contributed by atoms with E-state index in [-0.39, 0.29) is 12.6 Å². The van der Waals surface area contributed by atoms with Crippen molar-refractivity contribution in [2.45, 2.75) is 45.6 Å². The van der Waals surface area contributed by atoms with Crippen LogP contribution in [-0.4, -0.2) is 34.8 Å². The number of benzene rings is 1. The quantitative estimate of drug-likeness (QED) is 0.634. The molecule has 2 rings (SSSR count). The molecule has 5 nitrogen and oxygen atoms in total. The summed E-state index contributed by atoms with van der Waals surface area (Å²) in [5, 5.41) is 16.9. The number of urea groups is 1. The molecule has 0 aliphatic rings. The van der Waals surface area contributed by atoms with E-state index in [0.29, 0.717) is 19.4 Å². The van der Waals surface area contributed by atoms with Crippen LogP contribution in [0.15, 0.2) is 24.4 Å². The van der Waals surface area contributed by atoms with Gasteiger partial charge in [0.1, 0.15) is 0 Å². The number of aromatic nitrogens is 1. The maximum absolute atomic E-state index is 11.8. The second-order valence-electron chi connectivity index (χ2n) is 6.10. The first-order valence-corrected chi connectivity index (χ1v) is 8.28. The molecule has 2 aromatic rings. The highest BCUT2D eigenvalue weighted by molar-refractivity contribution is 5.85. The maximum Gasteiger partial charge on any atom is 0.314 e. The topological polar surface area (TPSA) is 77.2 Å². The molecule has 1 heterocycles. The van der Waals surface area contributed by atoms with Crippen molar-refractivity contribution in [3.63, 3.8) is 0 Å². The van der Waals surface area contributed by atoms with Crippen molar-refractivity contribution < 1.29 is 9.90 Å². The third-order valence-corrected chi connectivity index (χ3v) is 4.58. The number of fused-ring (bicyclic) bond motifs is 1. The van der Waals surface area contributed by atoms with Crippen molar-refractivity contribution in [1.82, 2.24) is 15.6 Å². The summed E-state index contributed by atoms with van der Waals surface area (Å²) in [5.74, 6) is 0. The van der Waals surface area contributed by atoms with Gasteiger partial charge < -0.3 is 20.7 Å². The van der Waals surface area contributed by atoms with Gasteiger partial charge in [-0.05, 0) is 37.3 Å². The number of nitrogens with one attached hydrogen (secondary N) is 3. The molecule has 0 saturated carbocycles. The minimum Gasteiger partial charge on any atom is -0.388 e. The number of carbonyl (C=O) groups excluding carboxylic acids is 1. The Morgan fingerprint density at radius 3 is 2.70 bits per heavy atom. The number of rotatable bonds is 7. The number of aryl methyl sites for hydroxylation is 1. The average molecular weight is 317 g/mol. The van der Waals surface area contributed by atoms with Crippen molar-refractivity contribution in [3.05, 3.63) is 35.5 Å². The number of carbonyl (C=O) groups is 1. The smallest absolute Gasteiger partial charge is 0.314 e. The van der Waals surface area contributed by atoms with Crippen LogP contribution in [0.5, 0.6) is 0 Å². The molecule has 2 amide bonds. The zero-order valence-corrected chi connectivity index (χ0v) is 14.2. The van der Waals surface area contributed by atoms with Crippen LogP contribution in [0.2, 0.25) is 0 Å². The van der Waals surface area contributed by atoms with E-state index < -0.39 is 5.60 Å². The average Bonchev–Trinajstić information content (AvgIpc) is 2.97. The van der Waals surface area contributed by atoms with Gasteiger partial charge in [0.05, 0.1) is 5.60 Å². The summed E-state index contributed by atoms with van der Waals surface area (Å²) in [6, 6.07) is 5.99. The van der Waals surface area contributed by atoms with Crippen molar-refractivity contribution >= 4 is 16.9 Å². The third kappa shape index (κ3) is 4.26.